The maximum absolute atomic E-state index is 11.9. The summed E-state index contributed by atoms with van der Waals surface area (Å²) in [6, 6.07) is 2.05. The number of ether oxygens (including phenoxy) is 1. The third kappa shape index (κ3) is 2.73. The van der Waals surface area contributed by atoms with Crippen LogP contribution in [0.3, 0.4) is 0 Å². The van der Waals surface area contributed by atoms with Gasteiger partial charge in [-0.1, -0.05) is 6.92 Å². The lowest BCUT2D eigenvalue weighted by Gasteiger charge is -2.25. The second-order valence-corrected chi connectivity index (χ2v) is 4.61. The maximum Gasteiger partial charge on any atom is 0.240 e. The fraction of sp³-hybridized carbons (Fsp3) is 0.833. The number of nitriles is 1. The molecule has 1 amide bonds. The predicted molar refractivity (Wildman–Crippen MR) is 60.6 cm³/mol. The monoisotopic (exact) mass is 224 g/mol. The molecule has 1 heterocycles. The number of carbonyl (C=O) groups excluding carboxylic acids is 1. The Bertz CT molecular complexity index is 292. The molecule has 0 aromatic rings. The van der Waals surface area contributed by atoms with Crippen LogP contribution in [-0.4, -0.2) is 24.7 Å². The molecule has 1 rings (SSSR count). The van der Waals surface area contributed by atoms with Crippen molar-refractivity contribution in [2.24, 2.45) is 5.41 Å². The van der Waals surface area contributed by atoms with E-state index in [1.165, 1.54) is 0 Å². The van der Waals surface area contributed by atoms with E-state index < -0.39 is 5.41 Å². The van der Waals surface area contributed by atoms with Crippen LogP contribution in [0.2, 0.25) is 0 Å². The zero-order chi connectivity index (χ0) is 12.2. The average molecular weight is 224 g/mol. The van der Waals surface area contributed by atoms with Crippen LogP contribution in [0.4, 0.5) is 0 Å². The van der Waals surface area contributed by atoms with Crippen LogP contribution in [0.25, 0.3) is 0 Å². The van der Waals surface area contributed by atoms with Crippen molar-refractivity contribution in [3.8, 4) is 6.07 Å². The van der Waals surface area contributed by atoms with Crippen molar-refractivity contribution in [1.82, 2.24) is 5.32 Å². The Labute approximate surface area is 97.0 Å². The van der Waals surface area contributed by atoms with Gasteiger partial charge in [0.2, 0.25) is 5.91 Å². The SMILES string of the molecule is CCC(C)(C#N)C(=O)NC(C)C1CCCO1. The lowest BCUT2D eigenvalue weighted by Crippen LogP contribution is -2.46. The van der Waals surface area contributed by atoms with E-state index in [-0.39, 0.29) is 18.1 Å². The van der Waals surface area contributed by atoms with E-state index >= 15 is 0 Å². The Hall–Kier alpha value is -1.08. The molecule has 0 aromatic carbocycles. The Morgan fingerprint density at radius 1 is 1.75 bits per heavy atom. The van der Waals surface area contributed by atoms with E-state index in [9.17, 15) is 4.79 Å². The molecule has 0 radical (unpaired) electrons. The Balaban J connectivity index is 2.53. The summed E-state index contributed by atoms with van der Waals surface area (Å²) in [6.45, 7) is 6.22. The summed E-state index contributed by atoms with van der Waals surface area (Å²) in [6.07, 6.45) is 2.65. The second kappa shape index (κ2) is 5.31. The third-order valence-electron chi connectivity index (χ3n) is 3.34. The van der Waals surface area contributed by atoms with Gasteiger partial charge in [-0.05, 0) is 33.1 Å². The molecule has 0 aliphatic carbocycles. The molecule has 1 N–H and O–H groups in total. The van der Waals surface area contributed by atoms with Crippen molar-refractivity contribution in [2.45, 2.75) is 52.2 Å². The smallest absolute Gasteiger partial charge is 0.240 e. The van der Waals surface area contributed by atoms with Gasteiger partial charge in [0.15, 0.2) is 0 Å². The van der Waals surface area contributed by atoms with Gasteiger partial charge in [0.25, 0.3) is 0 Å². The predicted octanol–water partition coefficient (Wildman–Crippen LogP) is 1.61. The van der Waals surface area contributed by atoms with Gasteiger partial charge >= 0.3 is 0 Å². The molecule has 1 saturated heterocycles. The number of amides is 1. The summed E-state index contributed by atoms with van der Waals surface area (Å²) < 4.78 is 5.50. The van der Waals surface area contributed by atoms with E-state index in [4.69, 9.17) is 10.00 Å². The summed E-state index contributed by atoms with van der Waals surface area (Å²) in [5.41, 5.74) is -0.924. The van der Waals surface area contributed by atoms with E-state index in [1.54, 1.807) is 6.92 Å². The van der Waals surface area contributed by atoms with Crippen LogP contribution in [0.15, 0.2) is 0 Å². The standard InChI is InChI=1S/C12H20N2O2/c1-4-12(3,8-13)11(15)14-9(2)10-6-5-7-16-10/h9-10H,4-7H2,1-3H3,(H,14,15). The van der Waals surface area contributed by atoms with Gasteiger partial charge in [-0.3, -0.25) is 4.79 Å². The molecule has 0 saturated carbocycles. The van der Waals surface area contributed by atoms with Gasteiger partial charge in [0.1, 0.15) is 5.41 Å². The van der Waals surface area contributed by atoms with E-state index in [2.05, 4.69) is 11.4 Å². The number of nitrogens with zero attached hydrogens (tertiary/aromatic N) is 1. The Morgan fingerprint density at radius 2 is 2.44 bits per heavy atom. The van der Waals surface area contributed by atoms with Crippen molar-refractivity contribution in [1.29, 1.82) is 5.26 Å². The van der Waals surface area contributed by atoms with E-state index in [1.807, 2.05) is 13.8 Å². The molecule has 0 bridgehead atoms. The largest absolute Gasteiger partial charge is 0.376 e. The van der Waals surface area contributed by atoms with Crippen molar-refractivity contribution in [3.05, 3.63) is 0 Å². The first-order valence-electron chi connectivity index (χ1n) is 5.87. The summed E-state index contributed by atoms with van der Waals surface area (Å²) in [4.78, 5) is 11.9. The topological polar surface area (TPSA) is 62.1 Å². The summed E-state index contributed by atoms with van der Waals surface area (Å²) in [7, 11) is 0. The fourth-order valence-corrected chi connectivity index (χ4v) is 1.75. The van der Waals surface area contributed by atoms with Crippen molar-refractivity contribution in [2.75, 3.05) is 6.61 Å². The molecule has 1 fully saturated rings. The first kappa shape index (κ1) is 13.0. The van der Waals surface area contributed by atoms with Crippen LogP contribution in [0.1, 0.15) is 40.0 Å². The minimum Gasteiger partial charge on any atom is -0.376 e. The van der Waals surface area contributed by atoms with Gasteiger partial charge in [0, 0.05) is 6.61 Å². The normalized spacial score (nSPS) is 25.5. The molecular weight excluding hydrogens is 204 g/mol. The number of nitrogens with one attached hydrogen (secondary N) is 1. The van der Waals surface area contributed by atoms with Crippen LogP contribution in [0, 0.1) is 16.7 Å². The van der Waals surface area contributed by atoms with Gasteiger partial charge in [-0.25, -0.2) is 0 Å². The molecule has 1 aliphatic heterocycles. The molecule has 0 spiro atoms. The second-order valence-electron chi connectivity index (χ2n) is 4.61. The molecule has 4 nitrogen and oxygen atoms in total. The maximum atomic E-state index is 11.9. The first-order chi connectivity index (χ1) is 7.53. The van der Waals surface area contributed by atoms with Crippen LogP contribution in [0.5, 0.6) is 0 Å². The van der Waals surface area contributed by atoms with Crippen molar-refractivity contribution < 1.29 is 9.53 Å². The Morgan fingerprint density at radius 3 is 2.88 bits per heavy atom. The number of hydrogen-bond acceptors (Lipinski definition) is 3. The Kier molecular flexibility index (Phi) is 4.31. The van der Waals surface area contributed by atoms with E-state index in [0.717, 1.165) is 19.4 Å². The molecule has 3 unspecified atom stereocenters. The highest BCUT2D eigenvalue weighted by Gasteiger charge is 2.34. The zero-order valence-electron chi connectivity index (χ0n) is 10.2. The summed E-state index contributed by atoms with van der Waals surface area (Å²) >= 11 is 0. The van der Waals surface area contributed by atoms with Crippen LogP contribution in [-0.2, 0) is 9.53 Å². The molecule has 1 aliphatic rings. The van der Waals surface area contributed by atoms with Crippen molar-refractivity contribution in [3.63, 3.8) is 0 Å². The number of hydrogen-bond donors (Lipinski definition) is 1. The lowest BCUT2D eigenvalue weighted by atomic mass is 9.88. The highest BCUT2D eigenvalue weighted by Crippen LogP contribution is 2.21. The van der Waals surface area contributed by atoms with Gasteiger partial charge in [-0.2, -0.15) is 5.26 Å². The lowest BCUT2D eigenvalue weighted by molar-refractivity contribution is -0.129. The van der Waals surface area contributed by atoms with Gasteiger partial charge in [-0.15, -0.1) is 0 Å². The van der Waals surface area contributed by atoms with Gasteiger partial charge < -0.3 is 10.1 Å². The quantitative estimate of drug-likeness (QED) is 0.789. The zero-order valence-corrected chi connectivity index (χ0v) is 10.2. The molecule has 0 aromatic heterocycles. The van der Waals surface area contributed by atoms with Crippen molar-refractivity contribution >= 4 is 5.91 Å². The summed E-state index contributed by atoms with van der Waals surface area (Å²) in [5, 5.41) is 11.9. The molecule has 90 valence electrons. The third-order valence-corrected chi connectivity index (χ3v) is 3.34. The van der Waals surface area contributed by atoms with Crippen LogP contribution >= 0.6 is 0 Å². The molecule has 3 atom stereocenters. The molecule has 16 heavy (non-hydrogen) atoms. The minimum atomic E-state index is -0.924. The number of rotatable bonds is 4. The molecular formula is C12H20N2O2. The molecule has 4 heteroatoms. The summed E-state index contributed by atoms with van der Waals surface area (Å²) in [5.74, 6) is -0.194. The average Bonchev–Trinajstić information content (AvgIpc) is 2.81. The highest BCUT2D eigenvalue weighted by atomic mass is 16.5. The minimum absolute atomic E-state index is 0.0192. The first-order valence-corrected chi connectivity index (χ1v) is 5.87. The van der Waals surface area contributed by atoms with Gasteiger partial charge in [0.05, 0.1) is 18.2 Å². The fourth-order valence-electron chi connectivity index (χ4n) is 1.75. The van der Waals surface area contributed by atoms with E-state index in [0.29, 0.717) is 6.42 Å². The van der Waals surface area contributed by atoms with Crippen LogP contribution < -0.4 is 5.32 Å². The highest BCUT2D eigenvalue weighted by molar-refractivity contribution is 5.85. The number of carbonyl (C=O) groups is 1.